The molecule has 52 heavy (non-hydrogen) atoms. The van der Waals surface area contributed by atoms with E-state index in [0.29, 0.717) is 35.6 Å². The lowest BCUT2D eigenvalue weighted by Crippen LogP contribution is -2.37. The molecule has 7 unspecified atom stereocenters. The Morgan fingerprint density at radius 1 is 0.788 bits per heavy atom. The summed E-state index contributed by atoms with van der Waals surface area (Å²) in [4.78, 5) is 7.73. The van der Waals surface area contributed by atoms with Crippen molar-refractivity contribution in [3.63, 3.8) is 0 Å². The van der Waals surface area contributed by atoms with Crippen LogP contribution in [0, 0.1) is 23.7 Å². The number of rotatable bonds is 6. The zero-order valence-electron chi connectivity index (χ0n) is 30.5. The Bertz CT molecular complexity index is 2030. The topological polar surface area (TPSA) is 9.72 Å². The lowest BCUT2D eigenvalue weighted by molar-refractivity contribution is 0.329. The van der Waals surface area contributed by atoms with Gasteiger partial charge < -0.3 is 14.7 Å². The molecule has 6 aliphatic carbocycles. The van der Waals surface area contributed by atoms with Crippen LogP contribution in [0.15, 0.2) is 174 Å². The van der Waals surface area contributed by atoms with Crippen LogP contribution >= 0.6 is 0 Å². The summed E-state index contributed by atoms with van der Waals surface area (Å²) in [6, 6.07) is 21.4. The van der Waals surface area contributed by atoms with Crippen LogP contribution in [-0.4, -0.2) is 24.0 Å². The van der Waals surface area contributed by atoms with Crippen molar-refractivity contribution in [2.75, 3.05) is 16.8 Å². The quantitative estimate of drug-likeness (QED) is 0.281. The molecule has 2 heterocycles. The molecule has 2 aromatic carbocycles. The van der Waals surface area contributed by atoms with Gasteiger partial charge in [-0.15, -0.1) is 0 Å². The first-order valence-corrected chi connectivity index (χ1v) is 20.1. The van der Waals surface area contributed by atoms with E-state index in [9.17, 15) is 0 Å². The standard InChI is InChI=1S/C49H51N3/c1-50-46-20-12-11-19-42(46)43-28-27-41(33-49(43)50)51(38-17-9-4-10-18-38)39-23-25-40(26-24-39)52-47-29-21-36(34-13-5-2-6-14-34)31-44(47)45-32-37(22-30-48(45)52)35-15-7-3-8-16-35/h2,5-7,9,11-15,17-18,20-26,28-30,33,35-37,41-42,45,48H,3-4,8,10,16,19,27,31-32H2,1H3. The van der Waals surface area contributed by atoms with Gasteiger partial charge in [0.2, 0.25) is 0 Å². The van der Waals surface area contributed by atoms with Crippen LogP contribution in [0.5, 0.6) is 0 Å². The highest BCUT2D eigenvalue weighted by Crippen LogP contribution is 2.52. The maximum Gasteiger partial charge on any atom is 0.0588 e. The predicted molar refractivity (Wildman–Crippen MR) is 216 cm³/mol. The van der Waals surface area contributed by atoms with Crippen molar-refractivity contribution in [2.45, 2.75) is 75.8 Å². The molecule has 0 aromatic heterocycles. The number of benzene rings is 2. The van der Waals surface area contributed by atoms with Crippen LogP contribution in [-0.2, 0) is 0 Å². The number of hydrogen-bond donors (Lipinski definition) is 0. The van der Waals surface area contributed by atoms with E-state index >= 15 is 0 Å². The maximum atomic E-state index is 2.68. The van der Waals surface area contributed by atoms with E-state index in [1.165, 1.54) is 71.0 Å². The molecule has 0 saturated carbocycles. The first-order chi connectivity index (χ1) is 25.7. The molecule has 2 aromatic rings. The lowest BCUT2D eigenvalue weighted by atomic mass is 9.71. The van der Waals surface area contributed by atoms with Gasteiger partial charge in [0.25, 0.3) is 0 Å². The minimum atomic E-state index is 0.267. The van der Waals surface area contributed by atoms with Crippen molar-refractivity contribution < 1.29 is 0 Å². The molecule has 1 fully saturated rings. The third kappa shape index (κ3) is 5.47. The molecular weight excluding hydrogens is 631 g/mol. The van der Waals surface area contributed by atoms with E-state index in [0.717, 1.165) is 32.1 Å². The summed E-state index contributed by atoms with van der Waals surface area (Å²) in [6.07, 6.45) is 44.8. The lowest BCUT2D eigenvalue weighted by Gasteiger charge is -2.38. The fraction of sp³-hybridized carbons (Fsp3) is 0.347. The Balaban J connectivity index is 0.982. The van der Waals surface area contributed by atoms with Crippen LogP contribution in [0.3, 0.4) is 0 Å². The van der Waals surface area contributed by atoms with Gasteiger partial charge in [0.1, 0.15) is 0 Å². The van der Waals surface area contributed by atoms with Gasteiger partial charge >= 0.3 is 0 Å². The highest BCUT2D eigenvalue weighted by molar-refractivity contribution is 5.69. The van der Waals surface area contributed by atoms with Gasteiger partial charge in [-0.25, -0.2) is 0 Å². The fourth-order valence-electron chi connectivity index (χ4n) is 10.7. The zero-order chi connectivity index (χ0) is 34.6. The molecule has 2 aliphatic heterocycles. The molecule has 7 atom stereocenters. The molecule has 0 N–H and O–H groups in total. The largest absolute Gasteiger partial charge is 0.348 e. The van der Waals surface area contributed by atoms with Gasteiger partial charge in [0.05, 0.1) is 12.1 Å². The molecule has 0 spiro atoms. The van der Waals surface area contributed by atoms with E-state index < -0.39 is 0 Å². The molecule has 3 heteroatoms. The van der Waals surface area contributed by atoms with E-state index in [1.807, 2.05) is 0 Å². The SMILES string of the molecule is CN1C2=CC(N(C3=CCCC=C3)c3ccc(N4C5=C(CC(c6ccccc6)C=C5)C5CC(C6C=CCCC6)C=CC54)cc3)CC=C2C2CC=CC=C21. The minimum Gasteiger partial charge on any atom is -0.348 e. The Hall–Kier alpha value is -4.76. The summed E-state index contributed by atoms with van der Waals surface area (Å²) in [5.41, 5.74) is 12.8. The van der Waals surface area contributed by atoms with E-state index in [4.69, 9.17) is 0 Å². The van der Waals surface area contributed by atoms with E-state index in [1.54, 1.807) is 5.57 Å². The van der Waals surface area contributed by atoms with Gasteiger partial charge in [-0.05, 0) is 135 Å². The van der Waals surface area contributed by atoms with Gasteiger partial charge in [0, 0.05) is 59.0 Å². The fourth-order valence-corrected chi connectivity index (χ4v) is 10.7. The summed E-state index contributed by atoms with van der Waals surface area (Å²) in [6.45, 7) is 0. The first kappa shape index (κ1) is 31.9. The highest BCUT2D eigenvalue weighted by atomic mass is 15.2. The molecule has 10 rings (SSSR count). The maximum absolute atomic E-state index is 2.68. The number of allylic oxidation sites excluding steroid dienone is 13. The third-order valence-corrected chi connectivity index (χ3v) is 13.3. The van der Waals surface area contributed by atoms with Crippen molar-refractivity contribution in [1.29, 1.82) is 0 Å². The third-order valence-electron chi connectivity index (χ3n) is 13.3. The summed E-state index contributed by atoms with van der Waals surface area (Å²) in [7, 11) is 2.26. The molecule has 3 nitrogen and oxygen atoms in total. The van der Waals surface area contributed by atoms with Crippen molar-refractivity contribution in [1.82, 2.24) is 4.90 Å². The van der Waals surface area contributed by atoms with Gasteiger partial charge in [-0.3, -0.25) is 0 Å². The van der Waals surface area contributed by atoms with Crippen LogP contribution in [0.25, 0.3) is 0 Å². The van der Waals surface area contributed by atoms with Crippen LogP contribution in [0.2, 0.25) is 0 Å². The second-order valence-corrected chi connectivity index (χ2v) is 16.1. The molecule has 0 bridgehead atoms. The molecule has 0 radical (unpaired) electrons. The highest BCUT2D eigenvalue weighted by Gasteiger charge is 2.44. The van der Waals surface area contributed by atoms with Crippen LogP contribution in [0.4, 0.5) is 11.4 Å². The van der Waals surface area contributed by atoms with Gasteiger partial charge in [-0.1, -0.05) is 91.1 Å². The summed E-state index contributed by atoms with van der Waals surface area (Å²) < 4.78 is 0. The Labute approximate surface area is 310 Å². The normalized spacial score (nSPS) is 31.4. The predicted octanol–water partition coefficient (Wildman–Crippen LogP) is 11.4. The number of fused-ring (bicyclic) bond motifs is 5. The number of anilines is 2. The average Bonchev–Trinajstić information content (AvgIpc) is 3.70. The van der Waals surface area contributed by atoms with E-state index in [-0.39, 0.29) is 6.04 Å². The van der Waals surface area contributed by atoms with Crippen LogP contribution in [0.1, 0.15) is 69.3 Å². The van der Waals surface area contributed by atoms with Crippen molar-refractivity contribution in [3.05, 3.63) is 179 Å². The van der Waals surface area contributed by atoms with Crippen molar-refractivity contribution >= 4 is 11.4 Å². The Morgan fingerprint density at radius 2 is 1.69 bits per heavy atom. The average molecular weight is 682 g/mol. The monoisotopic (exact) mass is 681 g/mol. The molecule has 1 saturated heterocycles. The van der Waals surface area contributed by atoms with Crippen LogP contribution < -0.4 is 9.80 Å². The first-order valence-electron chi connectivity index (χ1n) is 20.1. The second-order valence-electron chi connectivity index (χ2n) is 16.1. The molecule has 8 aliphatic rings. The summed E-state index contributed by atoms with van der Waals surface area (Å²) >= 11 is 0. The van der Waals surface area contributed by atoms with Crippen molar-refractivity contribution in [2.24, 2.45) is 23.7 Å². The number of likely N-dealkylation sites (tertiary alicyclic amines) is 1. The Kier molecular flexibility index (Phi) is 8.19. The molecule has 0 amide bonds. The van der Waals surface area contributed by atoms with Gasteiger partial charge in [-0.2, -0.15) is 0 Å². The van der Waals surface area contributed by atoms with Gasteiger partial charge in [0.15, 0.2) is 0 Å². The number of hydrogen-bond acceptors (Lipinski definition) is 3. The smallest absolute Gasteiger partial charge is 0.0588 e. The number of nitrogens with zero attached hydrogens (tertiary/aromatic N) is 3. The second kappa shape index (κ2) is 13.3. The molecular formula is C49H51N3. The Morgan fingerprint density at radius 3 is 2.52 bits per heavy atom. The summed E-state index contributed by atoms with van der Waals surface area (Å²) in [5.74, 6) is 2.82. The molecule has 262 valence electrons. The minimum absolute atomic E-state index is 0.267. The van der Waals surface area contributed by atoms with Crippen molar-refractivity contribution in [3.8, 4) is 0 Å². The summed E-state index contributed by atoms with van der Waals surface area (Å²) in [5, 5.41) is 0. The van der Waals surface area contributed by atoms with E-state index in [2.05, 4.69) is 161 Å². The zero-order valence-corrected chi connectivity index (χ0v) is 30.5. The number of likely N-dealkylation sites (N-methyl/N-ethyl adjacent to an activating group) is 1.